The molecule has 0 saturated heterocycles. The van der Waals surface area contributed by atoms with Crippen molar-refractivity contribution in [2.45, 2.75) is 0 Å². The minimum Gasteiger partial charge on any atom is -0.458 e. The maximum absolute atomic E-state index is 13.2. The van der Waals surface area contributed by atoms with Crippen LogP contribution in [0, 0.1) is 0 Å². The third kappa shape index (κ3) is 3.27. The van der Waals surface area contributed by atoms with Crippen LogP contribution in [-0.2, 0) is 0 Å². The molecule has 140 valence electrons. The number of rotatable bonds is 2. The van der Waals surface area contributed by atoms with Gasteiger partial charge in [-0.15, -0.1) is 0 Å². The first-order chi connectivity index (χ1) is 14.3. The highest BCUT2D eigenvalue weighted by Gasteiger charge is 2.27. The van der Waals surface area contributed by atoms with Crippen molar-refractivity contribution in [3.8, 4) is 5.75 Å². The summed E-state index contributed by atoms with van der Waals surface area (Å²) in [6, 6.07) is 31.5. The molecule has 4 aromatic carbocycles. The Bertz CT molecular complexity index is 1220. The van der Waals surface area contributed by atoms with E-state index in [0.717, 1.165) is 22.4 Å². The zero-order chi connectivity index (χ0) is 19.6. The van der Waals surface area contributed by atoms with E-state index >= 15 is 0 Å². The second-order valence-corrected chi connectivity index (χ2v) is 7.01. The molecule has 0 spiro atoms. The van der Waals surface area contributed by atoms with Gasteiger partial charge in [-0.1, -0.05) is 72.8 Å². The summed E-state index contributed by atoms with van der Waals surface area (Å²) in [4.78, 5) is 15.0. The molecule has 5 rings (SSSR count). The molecule has 0 N–H and O–H groups in total. The highest BCUT2D eigenvalue weighted by molar-refractivity contribution is 6.07. The summed E-state index contributed by atoms with van der Waals surface area (Å²) >= 11 is 0. The average molecular weight is 377 g/mol. The lowest BCUT2D eigenvalue weighted by molar-refractivity contribution is 0.0983. The standard InChI is InChI=1S/C26H19NO2/c28-26(20-10-2-1-3-11-20)27-18-22(29-25-16-7-6-15-24(25)27)17-21-13-8-12-19-9-4-5-14-23(19)21/h1-17H,18H2/b22-17+. The molecule has 0 unspecified atom stereocenters. The number of hydrogen-bond donors (Lipinski definition) is 0. The van der Waals surface area contributed by atoms with Crippen LogP contribution < -0.4 is 9.64 Å². The van der Waals surface area contributed by atoms with Crippen molar-refractivity contribution < 1.29 is 9.53 Å². The molecule has 0 aromatic heterocycles. The van der Waals surface area contributed by atoms with E-state index in [1.807, 2.05) is 78.9 Å². The molecule has 1 aliphatic heterocycles. The molecule has 3 heteroatoms. The Morgan fingerprint density at radius 1 is 0.793 bits per heavy atom. The molecule has 4 aromatic rings. The zero-order valence-electron chi connectivity index (χ0n) is 15.8. The molecule has 0 bridgehead atoms. The van der Waals surface area contributed by atoms with Gasteiger partial charge in [-0.3, -0.25) is 9.69 Å². The normalized spacial score (nSPS) is 14.5. The van der Waals surface area contributed by atoms with Crippen molar-refractivity contribution in [1.29, 1.82) is 0 Å². The van der Waals surface area contributed by atoms with E-state index in [4.69, 9.17) is 4.74 Å². The first kappa shape index (κ1) is 17.3. The lowest BCUT2D eigenvalue weighted by atomic mass is 10.0. The van der Waals surface area contributed by atoms with E-state index in [-0.39, 0.29) is 5.91 Å². The number of anilines is 1. The highest BCUT2D eigenvalue weighted by atomic mass is 16.5. The number of ether oxygens (including phenoxy) is 1. The van der Waals surface area contributed by atoms with Crippen molar-refractivity contribution in [2.24, 2.45) is 0 Å². The van der Waals surface area contributed by atoms with Crippen LogP contribution in [0.1, 0.15) is 15.9 Å². The topological polar surface area (TPSA) is 29.5 Å². The SMILES string of the molecule is O=C(c1ccccc1)N1C/C(=C\c2cccc3ccccc23)Oc2ccccc21. The van der Waals surface area contributed by atoms with Gasteiger partial charge in [0, 0.05) is 5.56 Å². The lowest BCUT2D eigenvalue weighted by Gasteiger charge is -2.31. The number of hydrogen-bond acceptors (Lipinski definition) is 2. The number of carbonyl (C=O) groups excluding carboxylic acids is 1. The first-order valence-electron chi connectivity index (χ1n) is 9.62. The molecule has 1 aliphatic rings. The number of fused-ring (bicyclic) bond motifs is 2. The smallest absolute Gasteiger partial charge is 0.258 e. The van der Waals surface area contributed by atoms with Gasteiger partial charge in [0.15, 0.2) is 5.75 Å². The van der Waals surface area contributed by atoms with Crippen LogP contribution in [0.5, 0.6) is 5.75 Å². The maximum atomic E-state index is 13.2. The molecule has 0 fully saturated rings. The Balaban J connectivity index is 1.58. The van der Waals surface area contributed by atoms with Crippen LogP contribution in [0.4, 0.5) is 5.69 Å². The molecular formula is C26H19NO2. The van der Waals surface area contributed by atoms with E-state index in [1.54, 1.807) is 4.90 Å². The number of para-hydroxylation sites is 2. The maximum Gasteiger partial charge on any atom is 0.258 e. The number of benzene rings is 4. The first-order valence-corrected chi connectivity index (χ1v) is 9.62. The molecule has 0 saturated carbocycles. The lowest BCUT2D eigenvalue weighted by Crippen LogP contribution is -2.36. The van der Waals surface area contributed by atoms with E-state index in [2.05, 4.69) is 24.3 Å². The minimum atomic E-state index is -0.0369. The fourth-order valence-electron chi connectivity index (χ4n) is 3.72. The van der Waals surface area contributed by atoms with E-state index < -0.39 is 0 Å². The van der Waals surface area contributed by atoms with E-state index in [9.17, 15) is 4.79 Å². The number of carbonyl (C=O) groups is 1. The van der Waals surface area contributed by atoms with Crippen molar-refractivity contribution in [2.75, 3.05) is 11.4 Å². The van der Waals surface area contributed by atoms with Crippen LogP contribution in [-0.4, -0.2) is 12.5 Å². The van der Waals surface area contributed by atoms with E-state index in [1.165, 1.54) is 5.39 Å². The Morgan fingerprint density at radius 2 is 1.52 bits per heavy atom. The summed E-state index contributed by atoms with van der Waals surface area (Å²) in [6.45, 7) is 0.383. The van der Waals surface area contributed by atoms with Crippen molar-refractivity contribution in [3.63, 3.8) is 0 Å². The predicted molar refractivity (Wildman–Crippen MR) is 117 cm³/mol. The molecule has 0 atom stereocenters. The largest absolute Gasteiger partial charge is 0.458 e. The zero-order valence-corrected chi connectivity index (χ0v) is 15.8. The Kier molecular flexibility index (Phi) is 4.34. The van der Waals surface area contributed by atoms with E-state index in [0.29, 0.717) is 17.9 Å². The van der Waals surface area contributed by atoms with Crippen LogP contribution in [0.3, 0.4) is 0 Å². The van der Waals surface area contributed by atoms with Crippen molar-refractivity contribution in [3.05, 3.63) is 114 Å². The third-order valence-corrected chi connectivity index (χ3v) is 5.12. The van der Waals surface area contributed by atoms with Crippen molar-refractivity contribution >= 4 is 28.4 Å². The van der Waals surface area contributed by atoms with Gasteiger partial charge in [0.1, 0.15) is 5.76 Å². The van der Waals surface area contributed by atoms with Crippen LogP contribution in [0.15, 0.2) is 103 Å². The minimum absolute atomic E-state index is 0.0369. The van der Waals surface area contributed by atoms with Crippen LogP contribution in [0.25, 0.3) is 16.8 Å². The van der Waals surface area contributed by atoms with Gasteiger partial charge in [0.05, 0.1) is 12.2 Å². The summed E-state index contributed by atoms with van der Waals surface area (Å²) in [5.41, 5.74) is 2.52. The van der Waals surface area contributed by atoms with Crippen molar-refractivity contribution in [1.82, 2.24) is 0 Å². The van der Waals surface area contributed by atoms with Gasteiger partial charge in [-0.25, -0.2) is 0 Å². The summed E-state index contributed by atoms with van der Waals surface area (Å²) in [6.07, 6.45) is 2.03. The predicted octanol–water partition coefficient (Wildman–Crippen LogP) is 5.92. The Morgan fingerprint density at radius 3 is 2.41 bits per heavy atom. The molecule has 29 heavy (non-hydrogen) atoms. The summed E-state index contributed by atoms with van der Waals surface area (Å²) in [5.74, 6) is 1.39. The van der Waals surface area contributed by atoms with Gasteiger partial charge in [-0.2, -0.15) is 0 Å². The summed E-state index contributed by atoms with van der Waals surface area (Å²) < 4.78 is 6.17. The Hall–Kier alpha value is -3.85. The highest BCUT2D eigenvalue weighted by Crippen LogP contribution is 2.36. The van der Waals surface area contributed by atoms with Gasteiger partial charge < -0.3 is 4.74 Å². The number of amides is 1. The monoisotopic (exact) mass is 377 g/mol. The van der Waals surface area contributed by atoms with Gasteiger partial charge in [-0.05, 0) is 46.7 Å². The molecular weight excluding hydrogens is 358 g/mol. The van der Waals surface area contributed by atoms with Gasteiger partial charge in [0.2, 0.25) is 0 Å². The summed E-state index contributed by atoms with van der Waals surface area (Å²) in [7, 11) is 0. The number of nitrogens with zero attached hydrogens (tertiary/aromatic N) is 1. The third-order valence-electron chi connectivity index (χ3n) is 5.12. The molecule has 1 amide bonds. The average Bonchev–Trinajstić information content (AvgIpc) is 2.79. The van der Waals surface area contributed by atoms with Crippen LogP contribution >= 0.6 is 0 Å². The molecule has 0 aliphatic carbocycles. The molecule has 1 heterocycles. The Labute approximate surface area is 169 Å². The molecule has 3 nitrogen and oxygen atoms in total. The fourth-order valence-corrected chi connectivity index (χ4v) is 3.72. The summed E-state index contributed by atoms with van der Waals surface area (Å²) in [5, 5.41) is 2.33. The quantitative estimate of drug-likeness (QED) is 0.434. The second kappa shape index (κ2) is 7.28. The van der Waals surface area contributed by atoms with Gasteiger partial charge in [0.25, 0.3) is 5.91 Å². The fraction of sp³-hybridized carbons (Fsp3) is 0.0385. The van der Waals surface area contributed by atoms with Crippen LogP contribution in [0.2, 0.25) is 0 Å². The van der Waals surface area contributed by atoms with Gasteiger partial charge >= 0.3 is 0 Å². The molecule has 0 radical (unpaired) electrons. The second-order valence-electron chi connectivity index (χ2n) is 7.01.